The first-order chi connectivity index (χ1) is 57.3. The Hall–Kier alpha value is -9.91. The average molecular weight is 1720 g/mol. The van der Waals surface area contributed by atoms with E-state index in [1.54, 1.807) is 25.3 Å². The molecule has 0 saturated heterocycles. The molecule has 123 heavy (non-hydrogen) atoms. The van der Waals surface area contributed by atoms with E-state index in [1.165, 1.54) is 74.0 Å². The van der Waals surface area contributed by atoms with Crippen molar-refractivity contribution in [1.29, 1.82) is 0 Å². The number of carboxylic acid groups (broad SMARTS) is 1. The number of ether oxygens (including phenoxy) is 3. The quantitative estimate of drug-likeness (QED) is 0.0198. The molecule has 0 radical (unpaired) electrons. The van der Waals surface area contributed by atoms with Crippen LogP contribution in [-0.4, -0.2) is 103 Å². The molecule has 6 rings (SSSR count). The maximum Gasteiger partial charge on any atom is 0.330 e. The number of ketones is 1. The normalized spacial score (nSPS) is 19.7. The molecule has 3 N–H and O–H groups in total. The van der Waals surface area contributed by atoms with Gasteiger partial charge in [0.05, 0.1) is 45.9 Å². The van der Waals surface area contributed by atoms with Gasteiger partial charge in [-0.15, -0.1) is 0 Å². The number of allylic oxidation sites excluding steroid dienone is 37. The molecule has 0 amide bonds. The van der Waals surface area contributed by atoms with Crippen molar-refractivity contribution in [3.63, 3.8) is 0 Å². The number of esters is 3. The molecule has 0 bridgehead atoms. The highest BCUT2D eigenvalue weighted by molar-refractivity contribution is 8.14. The van der Waals surface area contributed by atoms with Gasteiger partial charge in [-0.3, -0.25) is 14.4 Å². The Balaban J connectivity index is 0.000000755. The number of nitrogens with zero attached hydrogens (tertiary/aromatic N) is 3. The molecule has 0 spiro atoms. The van der Waals surface area contributed by atoms with Crippen LogP contribution in [0.4, 0.5) is 0 Å². The zero-order valence-electron chi connectivity index (χ0n) is 79.1. The number of aliphatic carboxylic acids is 1. The predicted molar refractivity (Wildman–Crippen MR) is 511 cm³/mol. The third-order valence-corrected chi connectivity index (χ3v) is 22.6. The molecule has 1 unspecified atom stereocenters. The number of pyridine rings is 1. The van der Waals surface area contributed by atoms with Crippen LogP contribution in [0.5, 0.6) is 0 Å². The molecule has 4 aliphatic rings. The van der Waals surface area contributed by atoms with E-state index in [0.29, 0.717) is 29.9 Å². The molecule has 18 heteroatoms. The molecule has 0 saturated carbocycles. The zero-order valence-corrected chi connectivity index (χ0v) is 80.7. The van der Waals surface area contributed by atoms with Crippen molar-refractivity contribution in [1.82, 2.24) is 14.5 Å². The second-order valence-electron chi connectivity index (χ2n) is 34.8. The summed E-state index contributed by atoms with van der Waals surface area (Å²) in [6, 6.07) is 5.92. The van der Waals surface area contributed by atoms with Crippen LogP contribution in [-0.2, 0) is 47.8 Å². The Morgan fingerprint density at radius 1 is 0.480 bits per heavy atom. The SMILES string of the molecule is C/C(=C\C(=O)Cl)C(C)C.C/C(=C\C(=O)Sc1ccccn1)C(C)C.CC1=C(/C=C/C(C)=C/C=C/C(C)=C/C(=O)O)C(C)(C)CCC1n1ccnc1.COC(=O)/C=C(C)/C=C/C=C(C)/C=C/C1=C(C)C(=O)CCC1(C)C.COC(=O)/C=C(C)/C=C/C=C(C)/C=C/C1=C(C)[C@@H](O)CCC1(C)C.COC(=O)/C=C(C)/C=C/C=C(C)/C=C/C1=C(C)[C@H](O)CCC1(C)C. The average Bonchev–Trinajstić information content (AvgIpc) is 1.75. The predicted octanol–water partition coefficient (Wildman–Crippen LogP) is 25.5. The summed E-state index contributed by atoms with van der Waals surface area (Å²) in [6.07, 6.45) is 62.7. The molecule has 670 valence electrons. The molecule has 2 aromatic heterocycles. The number of halogens is 1. The molecular formula is C105H144ClN3O13S. The molecule has 4 aliphatic carbocycles. The number of Topliss-reactive ketones (excluding diaryl/α,β-unsaturated/α-hetero) is 1. The Bertz CT molecular complexity index is 4540. The lowest BCUT2D eigenvalue weighted by atomic mass is 9.71. The minimum Gasteiger partial charge on any atom is -0.478 e. The van der Waals surface area contributed by atoms with Crippen LogP contribution < -0.4 is 0 Å². The fourth-order valence-electron chi connectivity index (χ4n) is 13.2. The van der Waals surface area contributed by atoms with E-state index in [2.05, 4.69) is 154 Å². The Kier molecular flexibility index (Phi) is 50.6. The van der Waals surface area contributed by atoms with Crippen LogP contribution in [0.2, 0.25) is 0 Å². The van der Waals surface area contributed by atoms with Crippen molar-refractivity contribution in [3.8, 4) is 0 Å². The van der Waals surface area contributed by atoms with Gasteiger partial charge in [-0.1, -0.05) is 244 Å². The van der Waals surface area contributed by atoms with E-state index in [9.17, 15) is 43.8 Å². The van der Waals surface area contributed by atoms with Crippen LogP contribution in [0, 0.1) is 33.5 Å². The molecular weight excluding hydrogens is 1580 g/mol. The second kappa shape index (κ2) is 56.1. The lowest BCUT2D eigenvalue weighted by Crippen LogP contribution is -2.27. The molecule has 2 aromatic rings. The maximum absolute atomic E-state index is 11.9. The highest BCUT2D eigenvalue weighted by Gasteiger charge is 2.35. The minimum atomic E-state index is -0.924. The molecule has 2 heterocycles. The maximum atomic E-state index is 11.9. The summed E-state index contributed by atoms with van der Waals surface area (Å²) >= 11 is 6.26. The first-order valence-corrected chi connectivity index (χ1v) is 43.3. The van der Waals surface area contributed by atoms with E-state index < -0.39 is 5.97 Å². The van der Waals surface area contributed by atoms with Gasteiger partial charge < -0.3 is 34.1 Å². The summed E-state index contributed by atoms with van der Waals surface area (Å²) in [6.45, 7) is 53.6. The summed E-state index contributed by atoms with van der Waals surface area (Å²) in [5, 5.41) is 29.3. The number of carbonyl (C=O) groups excluding carboxylic acids is 6. The number of aliphatic hydroxyl groups is 2. The van der Waals surface area contributed by atoms with E-state index >= 15 is 0 Å². The van der Waals surface area contributed by atoms with Gasteiger partial charge in [0.15, 0.2) is 5.78 Å². The Morgan fingerprint density at radius 2 is 0.837 bits per heavy atom. The number of aliphatic hydroxyl groups excluding tert-OH is 2. The number of imidazole rings is 1. The van der Waals surface area contributed by atoms with Crippen molar-refractivity contribution < 1.29 is 63.1 Å². The summed E-state index contributed by atoms with van der Waals surface area (Å²) in [7, 11) is 4.09. The highest BCUT2D eigenvalue weighted by atomic mass is 35.5. The smallest absolute Gasteiger partial charge is 0.330 e. The minimum absolute atomic E-state index is 0.0322. The van der Waals surface area contributed by atoms with Gasteiger partial charge in [-0.2, -0.15) is 0 Å². The van der Waals surface area contributed by atoms with Crippen LogP contribution >= 0.6 is 23.4 Å². The Morgan fingerprint density at radius 3 is 1.17 bits per heavy atom. The van der Waals surface area contributed by atoms with Gasteiger partial charge in [0.25, 0.3) is 0 Å². The summed E-state index contributed by atoms with van der Waals surface area (Å²) in [5.74, 6) is -0.905. The van der Waals surface area contributed by atoms with Crippen LogP contribution in [0.25, 0.3) is 0 Å². The van der Waals surface area contributed by atoms with E-state index in [-0.39, 0.29) is 67.9 Å². The van der Waals surface area contributed by atoms with Crippen LogP contribution in [0.1, 0.15) is 237 Å². The van der Waals surface area contributed by atoms with Crippen molar-refractivity contribution in [2.45, 2.75) is 255 Å². The second-order valence-corrected chi connectivity index (χ2v) is 36.2. The monoisotopic (exact) mass is 1720 g/mol. The first kappa shape index (κ1) is 111. The van der Waals surface area contributed by atoms with Crippen molar-refractivity contribution in [3.05, 3.63) is 301 Å². The summed E-state index contributed by atoms with van der Waals surface area (Å²) in [4.78, 5) is 86.1. The van der Waals surface area contributed by atoms with Gasteiger partial charge in [0, 0.05) is 49.3 Å². The molecule has 0 aliphatic heterocycles. The van der Waals surface area contributed by atoms with Crippen molar-refractivity contribution in [2.75, 3.05) is 21.3 Å². The van der Waals surface area contributed by atoms with Gasteiger partial charge in [0.2, 0.25) is 10.4 Å². The lowest BCUT2D eigenvalue weighted by Gasteiger charge is -2.37. The standard InChI is InChI=1S/C23H30N2O2.2C21H30O3.C21H28O3.C12H15NOS.C7H11ClO/c1-17(7-6-8-18(2)15-22(26)27)9-10-20-19(3)21(11-12-23(20,4)5)25-14-13-24-16-25;3*1-15(8-7-9-16(2)14-20(23)24-6)10-11-18-17(3)19(22)12-13-21(18,4)5;1-9(2)10(3)8-12(14)15-11-6-4-5-7-13-11;1-5(2)6(3)4-7(8)9/h6-10,13-16,21H,11-12H2,1-5H3,(H,26,27);2*7-11,14,19,22H,12-13H2,1-6H3;7-11,14H,12-13H2,1-6H3;4-9H,1-3H3;4-5H,1-3H3/b8-6+,10-9+,17-7+,18-15+;3*9-7+,11-10+,15-8+,16-14+;10-8+;6-4+/t;2*19-;;;/m.10.../s1. The molecule has 3 atom stereocenters. The summed E-state index contributed by atoms with van der Waals surface area (Å²) < 4.78 is 16.0. The van der Waals surface area contributed by atoms with Gasteiger partial charge in [-0.05, 0) is 290 Å². The topological polar surface area (TPSA) is 239 Å². The number of aromatic nitrogens is 3. The molecule has 0 fully saturated rings. The fraction of sp³-hybridized carbons (Fsp3) is 0.438. The van der Waals surface area contributed by atoms with E-state index in [4.69, 9.17) is 16.7 Å². The van der Waals surface area contributed by atoms with Gasteiger partial charge >= 0.3 is 23.9 Å². The fourth-order valence-corrected chi connectivity index (χ4v) is 14.1. The summed E-state index contributed by atoms with van der Waals surface area (Å²) in [5.41, 5.74) is 19.5. The number of rotatable bonds is 26. The number of carboxylic acids is 1. The van der Waals surface area contributed by atoms with E-state index in [1.807, 2.05) is 200 Å². The highest BCUT2D eigenvalue weighted by Crippen LogP contribution is 2.46. The zero-order chi connectivity index (χ0) is 93.7. The number of methoxy groups -OCH3 is 3. The van der Waals surface area contributed by atoms with E-state index in [0.717, 1.165) is 134 Å². The molecule has 16 nitrogen and oxygen atoms in total. The van der Waals surface area contributed by atoms with Gasteiger partial charge in [-0.25, -0.2) is 29.1 Å². The van der Waals surface area contributed by atoms with Crippen LogP contribution in [0.15, 0.2) is 306 Å². The lowest BCUT2D eigenvalue weighted by molar-refractivity contribution is -0.135. The van der Waals surface area contributed by atoms with Crippen LogP contribution in [0.3, 0.4) is 0 Å². The number of carbonyl (C=O) groups is 7. The third kappa shape index (κ3) is 44.3. The van der Waals surface area contributed by atoms with Crippen molar-refractivity contribution in [2.24, 2.45) is 33.5 Å². The number of hydrogen-bond donors (Lipinski definition) is 3. The Labute approximate surface area is 747 Å². The van der Waals surface area contributed by atoms with Crippen molar-refractivity contribution >= 4 is 63.4 Å². The molecule has 0 aromatic carbocycles. The van der Waals surface area contributed by atoms with Gasteiger partial charge in [0.1, 0.15) is 5.03 Å². The first-order valence-electron chi connectivity index (χ1n) is 42.1. The number of thioether (sulfide) groups is 1. The number of hydrogen-bond acceptors (Lipinski definition) is 15. The largest absolute Gasteiger partial charge is 0.478 e. The third-order valence-electron chi connectivity index (χ3n) is 21.8.